The van der Waals surface area contributed by atoms with Crippen molar-refractivity contribution in [2.24, 2.45) is 18.2 Å². The molecule has 0 aliphatic rings. The van der Waals surface area contributed by atoms with Crippen molar-refractivity contribution in [1.82, 2.24) is 19.3 Å². The summed E-state index contributed by atoms with van der Waals surface area (Å²) >= 11 is 5.99. The Labute approximate surface area is 122 Å². The molecule has 6 nitrogen and oxygen atoms in total. The molecule has 0 spiro atoms. The van der Waals surface area contributed by atoms with Crippen LogP contribution in [-0.2, 0) is 30.7 Å². The number of amides is 1. The molecule has 0 atom stereocenters. The number of fused-ring (bicyclic) bond motifs is 1. The van der Waals surface area contributed by atoms with Gasteiger partial charge >= 0.3 is 0 Å². The SMILES string of the molecule is CCc1nn(C)c2c1nc(CCl)n2CC(C)(C)C(N)=O. The molecule has 110 valence electrons. The Kier molecular flexibility index (Phi) is 3.77. The zero-order valence-electron chi connectivity index (χ0n) is 12.3. The highest BCUT2D eigenvalue weighted by molar-refractivity contribution is 6.16. The molecule has 2 rings (SSSR count). The van der Waals surface area contributed by atoms with E-state index in [1.165, 1.54) is 0 Å². The number of imidazole rings is 1. The molecule has 0 fully saturated rings. The van der Waals surface area contributed by atoms with Crippen molar-refractivity contribution in [3.8, 4) is 0 Å². The maximum Gasteiger partial charge on any atom is 0.224 e. The van der Waals surface area contributed by atoms with Gasteiger partial charge in [0.15, 0.2) is 5.65 Å². The van der Waals surface area contributed by atoms with Crippen LogP contribution in [0.5, 0.6) is 0 Å². The van der Waals surface area contributed by atoms with Gasteiger partial charge in [-0.25, -0.2) is 4.98 Å². The largest absolute Gasteiger partial charge is 0.369 e. The molecule has 0 saturated carbocycles. The number of hydrogen-bond acceptors (Lipinski definition) is 3. The summed E-state index contributed by atoms with van der Waals surface area (Å²) in [4.78, 5) is 16.1. The smallest absolute Gasteiger partial charge is 0.224 e. The molecule has 0 aromatic carbocycles. The van der Waals surface area contributed by atoms with Crippen molar-refractivity contribution in [1.29, 1.82) is 0 Å². The number of aromatic nitrogens is 4. The normalized spacial score (nSPS) is 12.2. The van der Waals surface area contributed by atoms with Gasteiger partial charge in [-0.1, -0.05) is 6.92 Å². The highest BCUT2D eigenvalue weighted by Gasteiger charge is 2.29. The molecular weight excluding hydrogens is 278 g/mol. The number of alkyl halides is 1. The molecule has 7 heteroatoms. The average molecular weight is 298 g/mol. The quantitative estimate of drug-likeness (QED) is 0.851. The summed E-state index contributed by atoms with van der Waals surface area (Å²) in [6, 6.07) is 0. The van der Waals surface area contributed by atoms with Crippen LogP contribution in [-0.4, -0.2) is 25.2 Å². The monoisotopic (exact) mass is 297 g/mol. The van der Waals surface area contributed by atoms with Crippen LogP contribution in [0.2, 0.25) is 0 Å². The first-order chi connectivity index (χ1) is 9.31. The standard InChI is InChI=1S/C13H20ClN5O/c1-5-8-10-11(18(4)17-8)19(9(6-14)16-10)7-13(2,3)12(15)20/h5-7H2,1-4H3,(H2,15,20). The van der Waals surface area contributed by atoms with Gasteiger partial charge in [-0.05, 0) is 20.3 Å². The summed E-state index contributed by atoms with van der Waals surface area (Å²) in [5.74, 6) is 0.670. The Hall–Kier alpha value is -1.56. The number of primary amides is 1. The van der Waals surface area contributed by atoms with Gasteiger partial charge in [0, 0.05) is 13.6 Å². The molecule has 0 aliphatic carbocycles. The van der Waals surface area contributed by atoms with Gasteiger partial charge in [0.2, 0.25) is 5.91 Å². The van der Waals surface area contributed by atoms with Crippen LogP contribution in [0.4, 0.5) is 0 Å². The van der Waals surface area contributed by atoms with Crippen molar-refractivity contribution in [3.05, 3.63) is 11.5 Å². The first-order valence-electron chi connectivity index (χ1n) is 6.58. The van der Waals surface area contributed by atoms with Crippen molar-refractivity contribution in [2.75, 3.05) is 0 Å². The Morgan fingerprint density at radius 1 is 1.45 bits per heavy atom. The van der Waals surface area contributed by atoms with Gasteiger partial charge < -0.3 is 10.3 Å². The zero-order valence-corrected chi connectivity index (χ0v) is 13.0. The molecular formula is C13H20ClN5O. The third kappa shape index (κ3) is 2.28. The Bertz CT molecular complexity index is 655. The van der Waals surface area contributed by atoms with Gasteiger partial charge in [-0.2, -0.15) is 5.10 Å². The molecule has 2 heterocycles. The van der Waals surface area contributed by atoms with Crippen molar-refractivity contribution < 1.29 is 4.79 Å². The van der Waals surface area contributed by atoms with Gasteiger partial charge in [0.05, 0.1) is 17.0 Å². The lowest BCUT2D eigenvalue weighted by molar-refractivity contribution is -0.126. The number of hydrogen-bond donors (Lipinski definition) is 1. The molecule has 0 unspecified atom stereocenters. The van der Waals surface area contributed by atoms with Gasteiger partial charge in [0.1, 0.15) is 11.3 Å². The summed E-state index contributed by atoms with van der Waals surface area (Å²) in [6.45, 7) is 6.10. The van der Waals surface area contributed by atoms with Crippen LogP contribution in [0.3, 0.4) is 0 Å². The number of aryl methyl sites for hydroxylation is 2. The van der Waals surface area contributed by atoms with Crippen LogP contribution >= 0.6 is 11.6 Å². The lowest BCUT2D eigenvalue weighted by atomic mass is 9.92. The van der Waals surface area contributed by atoms with Crippen LogP contribution in [0, 0.1) is 5.41 Å². The minimum atomic E-state index is -0.676. The lowest BCUT2D eigenvalue weighted by Gasteiger charge is -2.22. The fourth-order valence-electron chi connectivity index (χ4n) is 2.27. The highest BCUT2D eigenvalue weighted by Crippen LogP contribution is 2.26. The Morgan fingerprint density at radius 3 is 2.60 bits per heavy atom. The highest BCUT2D eigenvalue weighted by atomic mass is 35.5. The average Bonchev–Trinajstić information content (AvgIpc) is 2.87. The second-order valence-electron chi connectivity index (χ2n) is 5.59. The summed E-state index contributed by atoms with van der Waals surface area (Å²) in [5, 5.41) is 4.45. The topological polar surface area (TPSA) is 78.7 Å². The summed E-state index contributed by atoms with van der Waals surface area (Å²) in [6.07, 6.45) is 0.801. The van der Waals surface area contributed by atoms with E-state index in [0.717, 1.165) is 29.1 Å². The number of rotatable bonds is 5. The molecule has 0 radical (unpaired) electrons. The maximum atomic E-state index is 11.6. The third-order valence-electron chi connectivity index (χ3n) is 3.55. The molecule has 0 bridgehead atoms. The number of nitrogens with zero attached hydrogens (tertiary/aromatic N) is 4. The fraction of sp³-hybridized carbons (Fsp3) is 0.615. The second kappa shape index (κ2) is 5.09. The molecule has 0 saturated heterocycles. The van der Waals surface area contributed by atoms with Gasteiger partial charge in [0.25, 0.3) is 0 Å². The molecule has 20 heavy (non-hydrogen) atoms. The molecule has 0 aliphatic heterocycles. The van der Waals surface area contributed by atoms with Crippen molar-refractivity contribution in [2.45, 2.75) is 39.6 Å². The van der Waals surface area contributed by atoms with E-state index < -0.39 is 5.41 Å². The number of carbonyl (C=O) groups is 1. The molecule has 2 aromatic heterocycles. The lowest BCUT2D eigenvalue weighted by Crippen LogP contribution is -2.36. The van der Waals surface area contributed by atoms with E-state index in [1.807, 2.05) is 32.4 Å². The van der Waals surface area contributed by atoms with Crippen LogP contribution in [0.15, 0.2) is 0 Å². The Morgan fingerprint density at radius 2 is 2.10 bits per heavy atom. The predicted molar refractivity (Wildman–Crippen MR) is 78.4 cm³/mol. The summed E-state index contributed by atoms with van der Waals surface area (Å²) in [7, 11) is 1.87. The molecule has 2 N–H and O–H groups in total. The van der Waals surface area contributed by atoms with E-state index in [9.17, 15) is 4.79 Å². The maximum absolute atomic E-state index is 11.6. The van der Waals surface area contributed by atoms with E-state index in [0.29, 0.717) is 6.54 Å². The molecule has 1 amide bonds. The minimum Gasteiger partial charge on any atom is -0.369 e. The van der Waals surface area contributed by atoms with Crippen LogP contribution < -0.4 is 5.73 Å². The second-order valence-corrected chi connectivity index (χ2v) is 5.86. The van der Waals surface area contributed by atoms with E-state index in [1.54, 1.807) is 4.68 Å². The Balaban J connectivity index is 2.62. The van der Waals surface area contributed by atoms with Crippen LogP contribution in [0.1, 0.15) is 32.3 Å². The zero-order chi connectivity index (χ0) is 15.1. The number of halogens is 1. The first-order valence-corrected chi connectivity index (χ1v) is 7.12. The van der Waals surface area contributed by atoms with E-state index in [2.05, 4.69) is 10.1 Å². The fourth-order valence-corrected chi connectivity index (χ4v) is 2.47. The minimum absolute atomic E-state index is 0.284. The van der Waals surface area contributed by atoms with Crippen molar-refractivity contribution >= 4 is 28.7 Å². The summed E-state index contributed by atoms with van der Waals surface area (Å²) in [5.41, 5.74) is 7.46. The number of carbonyl (C=O) groups excluding carboxylic acids is 1. The van der Waals surface area contributed by atoms with Gasteiger partial charge in [-0.3, -0.25) is 9.48 Å². The van der Waals surface area contributed by atoms with Crippen molar-refractivity contribution in [3.63, 3.8) is 0 Å². The van der Waals surface area contributed by atoms with Crippen LogP contribution in [0.25, 0.3) is 11.2 Å². The van der Waals surface area contributed by atoms with Gasteiger partial charge in [-0.15, -0.1) is 11.6 Å². The summed E-state index contributed by atoms with van der Waals surface area (Å²) < 4.78 is 3.73. The van der Waals surface area contributed by atoms with E-state index in [-0.39, 0.29) is 11.8 Å². The first kappa shape index (κ1) is 14.8. The molecule has 2 aromatic rings. The third-order valence-corrected chi connectivity index (χ3v) is 3.78. The predicted octanol–water partition coefficient (Wildman–Crippen LogP) is 1.58. The van der Waals surface area contributed by atoms with E-state index in [4.69, 9.17) is 17.3 Å². The number of nitrogens with two attached hydrogens (primary N) is 1. The van der Waals surface area contributed by atoms with E-state index >= 15 is 0 Å².